The number of sulfonamides is 1. The first kappa shape index (κ1) is 14.5. The molecule has 0 aliphatic rings. The molecule has 2 heterocycles. The highest BCUT2D eigenvalue weighted by atomic mass is 35.5. The van der Waals surface area contributed by atoms with Crippen molar-refractivity contribution in [1.29, 1.82) is 0 Å². The number of aromatic nitrogens is 2. The number of nitrogens with one attached hydrogen (secondary N) is 2. The van der Waals surface area contributed by atoms with Gasteiger partial charge in [0.2, 0.25) is 0 Å². The third-order valence-corrected chi connectivity index (χ3v) is 4.09. The van der Waals surface area contributed by atoms with E-state index in [0.717, 1.165) is 17.8 Å². The second-order valence-corrected chi connectivity index (χ2v) is 6.38. The normalized spacial score (nSPS) is 11.3. The summed E-state index contributed by atoms with van der Waals surface area (Å²) in [4.78, 5) is 17.3. The van der Waals surface area contributed by atoms with E-state index in [1.54, 1.807) is 13.0 Å². The lowest BCUT2D eigenvalue weighted by Crippen LogP contribution is -2.17. The SMILES string of the molecule is Cc1cc(C)nc(NS(=O)(=O)c2c[nH]c(=O)c(Cl)c2)c1. The summed E-state index contributed by atoms with van der Waals surface area (Å²) in [7, 11) is -3.85. The van der Waals surface area contributed by atoms with Gasteiger partial charge in [0.05, 0.1) is 0 Å². The zero-order chi connectivity index (χ0) is 14.9. The number of hydrogen-bond acceptors (Lipinski definition) is 4. The Bertz CT molecular complexity index is 795. The van der Waals surface area contributed by atoms with Crippen molar-refractivity contribution in [2.75, 3.05) is 4.72 Å². The molecular formula is C12H12ClN3O3S. The summed E-state index contributed by atoms with van der Waals surface area (Å²) < 4.78 is 26.7. The summed E-state index contributed by atoms with van der Waals surface area (Å²) in [6.07, 6.45) is 1.08. The monoisotopic (exact) mass is 313 g/mol. The van der Waals surface area contributed by atoms with Gasteiger partial charge in [-0.2, -0.15) is 0 Å². The summed E-state index contributed by atoms with van der Waals surface area (Å²) >= 11 is 5.62. The van der Waals surface area contributed by atoms with Crippen LogP contribution in [0.4, 0.5) is 5.82 Å². The van der Waals surface area contributed by atoms with Gasteiger partial charge < -0.3 is 4.98 Å². The first-order chi connectivity index (χ1) is 9.28. The van der Waals surface area contributed by atoms with Crippen LogP contribution in [-0.4, -0.2) is 18.4 Å². The Hall–Kier alpha value is -1.86. The molecule has 0 fully saturated rings. The molecule has 2 rings (SSSR count). The van der Waals surface area contributed by atoms with Gasteiger partial charge in [0.1, 0.15) is 15.7 Å². The standard InChI is InChI=1S/C12H12ClN3O3S/c1-7-3-8(2)15-11(4-7)16-20(18,19)9-5-10(13)12(17)14-6-9/h3-6H,1-2H3,(H,14,17)(H,15,16). The molecule has 2 aromatic rings. The van der Waals surface area contributed by atoms with Gasteiger partial charge in [0.15, 0.2) is 0 Å². The number of nitrogens with zero attached hydrogens (tertiary/aromatic N) is 1. The van der Waals surface area contributed by atoms with Gasteiger partial charge in [-0.15, -0.1) is 0 Å². The maximum Gasteiger partial charge on any atom is 0.266 e. The van der Waals surface area contributed by atoms with Crippen LogP contribution in [0.2, 0.25) is 5.02 Å². The van der Waals surface area contributed by atoms with Crippen molar-refractivity contribution in [2.45, 2.75) is 18.7 Å². The second kappa shape index (κ2) is 5.26. The fourth-order valence-electron chi connectivity index (χ4n) is 1.68. The Morgan fingerprint density at radius 2 is 1.95 bits per heavy atom. The molecule has 0 bridgehead atoms. The molecule has 0 aliphatic carbocycles. The van der Waals surface area contributed by atoms with E-state index >= 15 is 0 Å². The molecule has 20 heavy (non-hydrogen) atoms. The summed E-state index contributed by atoms with van der Waals surface area (Å²) in [5.74, 6) is 0.213. The summed E-state index contributed by atoms with van der Waals surface area (Å²) in [5.41, 5.74) is 1.03. The summed E-state index contributed by atoms with van der Waals surface area (Å²) in [5, 5.41) is -0.193. The Kier molecular flexibility index (Phi) is 3.82. The van der Waals surface area contributed by atoms with Crippen LogP contribution in [0.5, 0.6) is 0 Å². The van der Waals surface area contributed by atoms with Crippen molar-refractivity contribution in [3.63, 3.8) is 0 Å². The Morgan fingerprint density at radius 3 is 2.55 bits per heavy atom. The Labute approximate surface area is 120 Å². The summed E-state index contributed by atoms with van der Waals surface area (Å²) in [6, 6.07) is 4.53. The molecule has 0 saturated carbocycles. The predicted molar refractivity (Wildman–Crippen MR) is 76.6 cm³/mol. The minimum atomic E-state index is -3.85. The fourth-order valence-corrected chi connectivity index (χ4v) is 2.90. The van der Waals surface area contributed by atoms with Crippen molar-refractivity contribution < 1.29 is 8.42 Å². The number of aryl methyl sites for hydroxylation is 2. The Morgan fingerprint density at radius 1 is 1.25 bits per heavy atom. The zero-order valence-electron chi connectivity index (χ0n) is 10.8. The first-order valence-electron chi connectivity index (χ1n) is 5.64. The molecular weight excluding hydrogens is 302 g/mol. The number of pyridine rings is 2. The second-order valence-electron chi connectivity index (χ2n) is 4.29. The molecule has 2 N–H and O–H groups in total. The molecule has 106 valence electrons. The third-order valence-electron chi connectivity index (χ3n) is 2.48. The van der Waals surface area contributed by atoms with Gasteiger partial charge in [0, 0.05) is 11.9 Å². The van der Waals surface area contributed by atoms with E-state index in [-0.39, 0.29) is 15.7 Å². The van der Waals surface area contributed by atoms with Crippen molar-refractivity contribution >= 4 is 27.4 Å². The average molecular weight is 314 g/mol. The van der Waals surface area contributed by atoms with Gasteiger partial charge in [-0.1, -0.05) is 11.6 Å². The maximum absolute atomic E-state index is 12.2. The molecule has 0 aliphatic heterocycles. The Balaban J connectivity index is 2.40. The highest BCUT2D eigenvalue weighted by molar-refractivity contribution is 7.92. The van der Waals surface area contributed by atoms with E-state index in [9.17, 15) is 13.2 Å². The predicted octanol–water partition coefficient (Wildman–Crippen LogP) is 1.84. The molecule has 8 heteroatoms. The molecule has 0 atom stereocenters. The minimum Gasteiger partial charge on any atom is -0.326 e. The molecule has 0 unspecified atom stereocenters. The van der Waals surface area contributed by atoms with Crippen LogP contribution in [0.1, 0.15) is 11.3 Å². The van der Waals surface area contributed by atoms with Crippen LogP contribution in [0.15, 0.2) is 34.1 Å². The lowest BCUT2D eigenvalue weighted by Gasteiger charge is -2.08. The summed E-state index contributed by atoms with van der Waals surface area (Å²) in [6.45, 7) is 3.60. The molecule has 0 spiro atoms. The van der Waals surface area contributed by atoms with E-state index < -0.39 is 15.6 Å². The van der Waals surface area contributed by atoms with Crippen LogP contribution in [0.25, 0.3) is 0 Å². The average Bonchev–Trinajstić information content (AvgIpc) is 2.30. The van der Waals surface area contributed by atoms with E-state index in [4.69, 9.17) is 11.6 Å². The lowest BCUT2D eigenvalue weighted by atomic mass is 10.2. The van der Waals surface area contributed by atoms with Crippen molar-refractivity contribution in [3.05, 3.63) is 51.0 Å². The third kappa shape index (κ3) is 3.17. The van der Waals surface area contributed by atoms with Crippen molar-refractivity contribution in [3.8, 4) is 0 Å². The number of aromatic amines is 1. The van der Waals surface area contributed by atoms with Gasteiger partial charge >= 0.3 is 0 Å². The van der Waals surface area contributed by atoms with E-state index in [0.29, 0.717) is 5.69 Å². The van der Waals surface area contributed by atoms with E-state index in [1.165, 1.54) is 0 Å². The molecule has 0 radical (unpaired) electrons. The molecule has 0 saturated heterocycles. The first-order valence-corrected chi connectivity index (χ1v) is 7.50. The molecule has 2 aromatic heterocycles. The lowest BCUT2D eigenvalue weighted by molar-refractivity contribution is 0.600. The smallest absolute Gasteiger partial charge is 0.266 e. The van der Waals surface area contributed by atoms with Gasteiger partial charge in [-0.05, 0) is 37.6 Å². The highest BCUT2D eigenvalue weighted by Gasteiger charge is 2.16. The highest BCUT2D eigenvalue weighted by Crippen LogP contribution is 2.16. The molecule has 0 aromatic carbocycles. The number of halogens is 1. The quantitative estimate of drug-likeness (QED) is 0.904. The number of H-pyrrole nitrogens is 1. The largest absolute Gasteiger partial charge is 0.326 e. The van der Waals surface area contributed by atoms with E-state index in [2.05, 4.69) is 14.7 Å². The van der Waals surface area contributed by atoms with Crippen LogP contribution in [-0.2, 0) is 10.0 Å². The maximum atomic E-state index is 12.2. The topological polar surface area (TPSA) is 91.9 Å². The number of anilines is 1. The number of rotatable bonds is 3. The van der Waals surface area contributed by atoms with E-state index in [1.807, 2.05) is 13.0 Å². The van der Waals surface area contributed by atoms with Crippen LogP contribution in [0, 0.1) is 13.8 Å². The van der Waals surface area contributed by atoms with Gasteiger partial charge in [-0.25, -0.2) is 13.4 Å². The van der Waals surface area contributed by atoms with Crippen molar-refractivity contribution in [2.24, 2.45) is 0 Å². The zero-order valence-corrected chi connectivity index (χ0v) is 12.3. The fraction of sp³-hybridized carbons (Fsp3) is 0.167. The number of hydrogen-bond donors (Lipinski definition) is 2. The molecule has 0 amide bonds. The van der Waals surface area contributed by atoms with Crippen LogP contribution in [0.3, 0.4) is 0 Å². The minimum absolute atomic E-state index is 0.136. The van der Waals surface area contributed by atoms with Crippen LogP contribution < -0.4 is 10.3 Å². The van der Waals surface area contributed by atoms with Gasteiger partial charge in [0.25, 0.3) is 15.6 Å². The van der Waals surface area contributed by atoms with Gasteiger partial charge in [-0.3, -0.25) is 9.52 Å². The van der Waals surface area contributed by atoms with Crippen molar-refractivity contribution in [1.82, 2.24) is 9.97 Å². The molecule has 6 nitrogen and oxygen atoms in total. The van der Waals surface area contributed by atoms with Crippen LogP contribution >= 0.6 is 11.6 Å².